The zero-order valence-corrected chi connectivity index (χ0v) is 9.17. The Morgan fingerprint density at radius 3 is 3.00 bits per heavy atom. The number of anilines is 1. The molecule has 2 aromatic rings. The van der Waals surface area contributed by atoms with Gasteiger partial charge in [0.15, 0.2) is 0 Å². The van der Waals surface area contributed by atoms with E-state index in [0.29, 0.717) is 18.5 Å². The lowest BCUT2D eigenvalue weighted by molar-refractivity contribution is 0.507. The van der Waals surface area contributed by atoms with E-state index in [-0.39, 0.29) is 6.54 Å². The van der Waals surface area contributed by atoms with E-state index in [1.807, 2.05) is 0 Å². The highest BCUT2D eigenvalue weighted by Crippen LogP contribution is 2.17. The van der Waals surface area contributed by atoms with Crippen LogP contribution in [0.2, 0.25) is 0 Å². The van der Waals surface area contributed by atoms with Crippen molar-refractivity contribution in [1.82, 2.24) is 10.2 Å². The highest BCUT2D eigenvalue weighted by molar-refractivity contribution is 7.10. The van der Waals surface area contributed by atoms with E-state index in [0.717, 1.165) is 0 Å². The van der Waals surface area contributed by atoms with Gasteiger partial charge in [0.05, 0.1) is 13.1 Å². The summed E-state index contributed by atoms with van der Waals surface area (Å²) in [5, 5.41) is 12.7. The maximum absolute atomic E-state index is 5.36. The number of nitrogens with one attached hydrogen (secondary N) is 1. The molecule has 0 atom stereocenters. The number of thiophene rings is 1. The molecule has 15 heavy (non-hydrogen) atoms. The topological polar surface area (TPSA) is 77.0 Å². The van der Waals surface area contributed by atoms with Gasteiger partial charge >= 0.3 is 6.01 Å². The minimum absolute atomic E-state index is 0.271. The first kappa shape index (κ1) is 10.1. The Morgan fingerprint density at radius 2 is 2.40 bits per heavy atom. The predicted octanol–water partition coefficient (Wildman–Crippen LogP) is 1.51. The molecule has 0 unspecified atom stereocenters. The first-order valence-corrected chi connectivity index (χ1v) is 5.47. The number of aryl methyl sites for hydroxylation is 1. The Hall–Kier alpha value is -1.40. The molecule has 0 saturated carbocycles. The van der Waals surface area contributed by atoms with Crippen molar-refractivity contribution in [3.8, 4) is 0 Å². The Balaban J connectivity index is 1.96. The third-order valence-corrected chi connectivity index (χ3v) is 3.03. The summed E-state index contributed by atoms with van der Waals surface area (Å²) >= 11 is 1.70. The van der Waals surface area contributed by atoms with Gasteiger partial charge in [-0.1, -0.05) is 5.10 Å². The van der Waals surface area contributed by atoms with Crippen molar-refractivity contribution >= 4 is 17.4 Å². The van der Waals surface area contributed by atoms with Crippen molar-refractivity contribution in [3.05, 3.63) is 27.8 Å². The Labute approximate surface area is 91.3 Å². The second kappa shape index (κ2) is 4.41. The predicted molar refractivity (Wildman–Crippen MR) is 58.6 cm³/mol. The Bertz CT molecular complexity index is 437. The molecule has 0 bridgehead atoms. The molecule has 0 spiro atoms. The van der Waals surface area contributed by atoms with E-state index in [1.165, 1.54) is 10.4 Å². The summed E-state index contributed by atoms with van der Waals surface area (Å²) < 4.78 is 5.22. The van der Waals surface area contributed by atoms with Crippen molar-refractivity contribution in [2.75, 3.05) is 5.32 Å². The van der Waals surface area contributed by atoms with Crippen LogP contribution in [0.3, 0.4) is 0 Å². The molecular weight excluding hydrogens is 212 g/mol. The minimum Gasteiger partial charge on any atom is -0.407 e. The van der Waals surface area contributed by atoms with Gasteiger partial charge in [-0.3, -0.25) is 0 Å². The molecular formula is C9H12N4OS. The van der Waals surface area contributed by atoms with Gasteiger partial charge in [0, 0.05) is 4.88 Å². The molecule has 0 saturated heterocycles. The standard InChI is InChI=1S/C9H12N4OS/c1-6-2-3-15-7(6)5-11-9-13-12-8(4-10)14-9/h2-3H,4-5,10H2,1H3,(H,11,13). The van der Waals surface area contributed by atoms with Gasteiger partial charge < -0.3 is 15.5 Å². The third-order valence-electron chi connectivity index (χ3n) is 2.01. The van der Waals surface area contributed by atoms with Crippen LogP contribution in [-0.2, 0) is 13.1 Å². The molecule has 2 heterocycles. The molecule has 0 radical (unpaired) electrons. The summed E-state index contributed by atoms with van der Waals surface area (Å²) in [5.74, 6) is 0.445. The van der Waals surface area contributed by atoms with Crippen molar-refractivity contribution in [3.63, 3.8) is 0 Å². The third kappa shape index (κ3) is 2.34. The van der Waals surface area contributed by atoms with Crippen LogP contribution >= 0.6 is 11.3 Å². The van der Waals surface area contributed by atoms with Gasteiger partial charge in [-0.25, -0.2) is 0 Å². The van der Waals surface area contributed by atoms with Crippen molar-refractivity contribution in [2.45, 2.75) is 20.0 Å². The fraction of sp³-hybridized carbons (Fsp3) is 0.333. The van der Waals surface area contributed by atoms with Crippen LogP contribution in [0.4, 0.5) is 6.01 Å². The van der Waals surface area contributed by atoms with E-state index >= 15 is 0 Å². The second-order valence-corrected chi connectivity index (χ2v) is 4.09. The average Bonchev–Trinajstić information content (AvgIpc) is 2.84. The molecule has 80 valence electrons. The smallest absolute Gasteiger partial charge is 0.315 e. The molecule has 0 aliphatic heterocycles. The molecule has 0 amide bonds. The number of rotatable bonds is 4. The summed E-state index contributed by atoms with van der Waals surface area (Å²) in [7, 11) is 0. The normalized spacial score (nSPS) is 10.5. The summed E-state index contributed by atoms with van der Waals surface area (Å²) in [5.41, 5.74) is 6.63. The zero-order valence-electron chi connectivity index (χ0n) is 8.36. The fourth-order valence-electron chi connectivity index (χ4n) is 1.15. The van der Waals surface area contributed by atoms with E-state index in [2.05, 4.69) is 33.9 Å². The van der Waals surface area contributed by atoms with Crippen LogP contribution in [0.5, 0.6) is 0 Å². The lowest BCUT2D eigenvalue weighted by atomic mass is 10.3. The van der Waals surface area contributed by atoms with Crippen molar-refractivity contribution in [1.29, 1.82) is 0 Å². The van der Waals surface area contributed by atoms with Gasteiger partial charge in [0.25, 0.3) is 0 Å². The van der Waals surface area contributed by atoms with Crippen LogP contribution in [0.15, 0.2) is 15.9 Å². The SMILES string of the molecule is Cc1ccsc1CNc1nnc(CN)o1. The average molecular weight is 224 g/mol. The highest BCUT2D eigenvalue weighted by Gasteiger charge is 2.05. The first-order chi connectivity index (χ1) is 7.29. The molecule has 0 fully saturated rings. The van der Waals surface area contributed by atoms with E-state index < -0.39 is 0 Å². The lowest BCUT2D eigenvalue weighted by Gasteiger charge is -1.99. The van der Waals surface area contributed by atoms with E-state index in [4.69, 9.17) is 10.2 Å². The van der Waals surface area contributed by atoms with Gasteiger partial charge in [-0.15, -0.1) is 16.4 Å². The monoisotopic (exact) mass is 224 g/mol. The summed E-state index contributed by atoms with van der Waals surface area (Å²) in [6.45, 7) is 3.05. The van der Waals surface area contributed by atoms with Crippen LogP contribution in [0.25, 0.3) is 0 Å². The quantitative estimate of drug-likeness (QED) is 0.823. The van der Waals surface area contributed by atoms with E-state index in [9.17, 15) is 0 Å². The molecule has 2 rings (SSSR count). The van der Waals surface area contributed by atoms with Crippen molar-refractivity contribution in [2.24, 2.45) is 5.73 Å². The van der Waals surface area contributed by atoms with Crippen LogP contribution in [0.1, 0.15) is 16.3 Å². The minimum atomic E-state index is 0.271. The van der Waals surface area contributed by atoms with E-state index in [1.54, 1.807) is 11.3 Å². The zero-order chi connectivity index (χ0) is 10.7. The van der Waals surface area contributed by atoms with Gasteiger partial charge in [0.1, 0.15) is 0 Å². The molecule has 3 N–H and O–H groups in total. The number of nitrogens with two attached hydrogens (primary N) is 1. The first-order valence-electron chi connectivity index (χ1n) is 4.59. The maximum atomic E-state index is 5.36. The van der Waals surface area contributed by atoms with Gasteiger partial charge in [-0.2, -0.15) is 0 Å². The van der Waals surface area contributed by atoms with Gasteiger partial charge in [0.2, 0.25) is 5.89 Å². The van der Waals surface area contributed by atoms with Crippen molar-refractivity contribution < 1.29 is 4.42 Å². The molecule has 6 heteroatoms. The summed E-state index contributed by atoms with van der Waals surface area (Å²) in [4.78, 5) is 1.27. The Morgan fingerprint density at radius 1 is 1.53 bits per heavy atom. The number of hydrogen-bond donors (Lipinski definition) is 2. The fourth-order valence-corrected chi connectivity index (χ4v) is 1.99. The maximum Gasteiger partial charge on any atom is 0.315 e. The lowest BCUT2D eigenvalue weighted by Crippen LogP contribution is -1.98. The molecule has 2 aromatic heterocycles. The molecule has 0 aromatic carbocycles. The number of aromatic nitrogens is 2. The molecule has 5 nitrogen and oxygen atoms in total. The number of hydrogen-bond acceptors (Lipinski definition) is 6. The van der Waals surface area contributed by atoms with Crippen LogP contribution < -0.4 is 11.1 Å². The number of nitrogens with zero attached hydrogens (tertiary/aromatic N) is 2. The van der Waals surface area contributed by atoms with Crippen LogP contribution in [-0.4, -0.2) is 10.2 Å². The molecule has 0 aliphatic rings. The summed E-state index contributed by atoms with van der Waals surface area (Å²) in [6, 6.07) is 2.50. The second-order valence-electron chi connectivity index (χ2n) is 3.09. The highest BCUT2D eigenvalue weighted by atomic mass is 32.1. The largest absolute Gasteiger partial charge is 0.407 e. The Kier molecular flexibility index (Phi) is 2.98. The van der Waals surface area contributed by atoms with Gasteiger partial charge in [-0.05, 0) is 23.9 Å². The summed E-state index contributed by atoms with van der Waals surface area (Å²) in [6.07, 6.45) is 0. The molecule has 0 aliphatic carbocycles. The van der Waals surface area contributed by atoms with Crippen LogP contribution in [0, 0.1) is 6.92 Å².